The van der Waals surface area contributed by atoms with Gasteiger partial charge in [-0.1, -0.05) is 49.4 Å². The van der Waals surface area contributed by atoms with Gasteiger partial charge in [0.15, 0.2) is 0 Å². The summed E-state index contributed by atoms with van der Waals surface area (Å²) in [4.78, 5) is 12.1. The quantitative estimate of drug-likeness (QED) is 0.524. The minimum Gasteiger partial charge on any atom is -0.299 e. The van der Waals surface area contributed by atoms with Gasteiger partial charge in [0.25, 0.3) is 0 Å². The number of ketones is 1. The van der Waals surface area contributed by atoms with Crippen LogP contribution in [0.5, 0.6) is 0 Å². The summed E-state index contributed by atoms with van der Waals surface area (Å²) < 4.78 is 2.07. The molecule has 0 aromatic carbocycles. The van der Waals surface area contributed by atoms with E-state index < -0.39 is 0 Å². The van der Waals surface area contributed by atoms with Gasteiger partial charge in [-0.25, -0.2) is 0 Å². The van der Waals surface area contributed by atoms with Gasteiger partial charge in [-0.05, 0) is 41.6 Å². The van der Waals surface area contributed by atoms with E-state index in [-0.39, 0.29) is 5.41 Å². The summed E-state index contributed by atoms with van der Waals surface area (Å²) in [6, 6.07) is 0. The molecule has 2 atom stereocenters. The zero-order chi connectivity index (χ0) is 12.2. The highest BCUT2D eigenvalue weighted by Gasteiger charge is 2.46. The van der Waals surface area contributed by atoms with E-state index in [4.69, 9.17) is 0 Å². The normalized spacial score (nSPS) is 30.8. The molecule has 0 amide bonds. The third kappa shape index (κ3) is 3.08. The lowest BCUT2D eigenvalue weighted by atomic mass is 9.70. The van der Waals surface area contributed by atoms with Gasteiger partial charge < -0.3 is 0 Å². The Balaban J connectivity index is 2.60. The number of halogens is 1. The van der Waals surface area contributed by atoms with Gasteiger partial charge in [-0.2, -0.15) is 0 Å². The summed E-state index contributed by atoms with van der Waals surface area (Å²) in [6.07, 6.45) is 7.42. The second-order valence-corrected chi connectivity index (χ2v) is 6.20. The van der Waals surface area contributed by atoms with Crippen molar-refractivity contribution in [2.45, 2.75) is 52.9 Å². The van der Waals surface area contributed by atoms with E-state index in [1.807, 2.05) is 0 Å². The molecule has 0 saturated heterocycles. The number of allylic oxidation sites excluding steroid dienone is 1. The maximum absolute atomic E-state index is 12.1. The van der Waals surface area contributed by atoms with Crippen LogP contribution in [-0.2, 0) is 4.79 Å². The fraction of sp³-hybridized carbons (Fsp3) is 0.786. The third-order valence-corrected chi connectivity index (χ3v) is 4.61. The average Bonchev–Trinajstić information content (AvgIpc) is 2.51. The summed E-state index contributed by atoms with van der Waals surface area (Å²) in [5.41, 5.74) is -0.0344. The lowest BCUT2D eigenvalue weighted by Gasteiger charge is -2.32. The van der Waals surface area contributed by atoms with Crippen LogP contribution in [0.2, 0.25) is 0 Å². The fourth-order valence-corrected chi connectivity index (χ4v) is 3.50. The van der Waals surface area contributed by atoms with Gasteiger partial charge in [-0.15, -0.1) is 0 Å². The van der Waals surface area contributed by atoms with Crippen LogP contribution in [0.4, 0.5) is 0 Å². The molecule has 1 saturated carbocycles. The summed E-state index contributed by atoms with van der Waals surface area (Å²) in [5, 5.41) is 0. The first-order chi connectivity index (χ1) is 7.52. The highest BCUT2D eigenvalue weighted by Crippen LogP contribution is 2.47. The maximum Gasteiger partial charge on any atom is 0.139 e. The van der Waals surface area contributed by atoms with Gasteiger partial charge >= 0.3 is 0 Å². The van der Waals surface area contributed by atoms with Crippen molar-refractivity contribution in [1.29, 1.82) is 0 Å². The van der Waals surface area contributed by atoms with Crippen molar-refractivity contribution in [1.82, 2.24) is 0 Å². The fourth-order valence-electron chi connectivity index (χ4n) is 3.14. The number of carbonyl (C=O) groups excluding carboxylic acids is 1. The smallest absolute Gasteiger partial charge is 0.139 e. The first kappa shape index (κ1) is 14.2. The van der Waals surface area contributed by atoms with E-state index >= 15 is 0 Å². The first-order valence-corrected chi connectivity index (χ1v) is 7.55. The van der Waals surface area contributed by atoms with Crippen LogP contribution in [0.25, 0.3) is 0 Å². The van der Waals surface area contributed by atoms with Gasteiger partial charge in [-0.3, -0.25) is 4.79 Å². The van der Waals surface area contributed by atoms with Gasteiger partial charge in [0, 0.05) is 11.8 Å². The van der Waals surface area contributed by atoms with Crippen LogP contribution < -0.4 is 0 Å². The van der Waals surface area contributed by atoms with E-state index in [2.05, 4.69) is 53.5 Å². The Morgan fingerprint density at radius 2 is 2.25 bits per heavy atom. The number of hydrogen-bond donors (Lipinski definition) is 0. The molecule has 0 aromatic rings. The number of Topliss-reactive ketones (excluding diaryl/α,β-unsaturated/α-hetero) is 1. The molecule has 0 aromatic heterocycles. The summed E-state index contributed by atoms with van der Waals surface area (Å²) in [7, 11) is 0. The van der Waals surface area contributed by atoms with Crippen molar-refractivity contribution in [3.8, 4) is 0 Å². The minimum atomic E-state index is -0.0344. The van der Waals surface area contributed by atoms with E-state index in [9.17, 15) is 4.79 Å². The van der Waals surface area contributed by atoms with E-state index in [1.54, 1.807) is 0 Å². The predicted octanol–water partition coefficient (Wildman–Crippen LogP) is 4.75. The molecule has 0 heterocycles. The van der Waals surface area contributed by atoms with Crippen molar-refractivity contribution >= 4 is 28.4 Å². The van der Waals surface area contributed by atoms with E-state index in [0.29, 0.717) is 17.6 Å². The molecule has 0 N–H and O–H groups in total. The van der Waals surface area contributed by atoms with Crippen LogP contribution in [0, 0.1) is 17.3 Å². The second-order valence-electron chi connectivity index (χ2n) is 5.48. The van der Waals surface area contributed by atoms with Gasteiger partial charge in [0.1, 0.15) is 5.78 Å². The molecule has 0 bridgehead atoms. The highest BCUT2D eigenvalue weighted by molar-refractivity contribution is 14.1. The molecule has 0 unspecified atom stereocenters. The zero-order valence-corrected chi connectivity index (χ0v) is 12.8. The monoisotopic (exact) mass is 334 g/mol. The maximum atomic E-state index is 12.1. The standard InChI is InChI=1S/C14H23IO/c1-11(2)12-7-8-13(16)14(12,3)9-5-4-6-10-15/h6,10-12H,4-5,7-9H2,1-3H3/b10-6+/t12-,14-/m1/s1. The van der Waals surface area contributed by atoms with E-state index in [0.717, 1.165) is 32.1 Å². The van der Waals surface area contributed by atoms with Crippen LogP contribution >= 0.6 is 22.6 Å². The third-order valence-electron chi connectivity index (χ3n) is 4.10. The molecule has 0 aliphatic heterocycles. The Morgan fingerprint density at radius 3 is 2.81 bits per heavy atom. The molecule has 1 rings (SSSR count). The van der Waals surface area contributed by atoms with Crippen LogP contribution in [0.15, 0.2) is 10.2 Å². The van der Waals surface area contributed by atoms with Crippen LogP contribution in [0.3, 0.4) is 0 Å². The molecule has 0 spiro atoms. The van der Waals surface area contributed by atoms with Crippen molar-refractivity contribution in [3.05, 3.63) is 10.2 Å². The predicted molar refractivity (Wildman–Crippen MR) is 77.7 cm³/mol. The second kappa shape index (κ2) is 6.18. The number of hydrogen-bond acceptors (Lipinski definition) is 1. The Morgan fingerprint density at radius 1 is 1.56 bits per heavy atom. The molecular weight excluding hydrogens is 311 g/mol. The first-order valence-electron chi connectivity index (χ1n) is 6.31. The van der Waals surface area contributed by atoms with Crippen LogP contribution in [0.1, 0.15) is 52.9 Å². The Hall–Kier alpha value is 0.140. The summed E-state index contributed by atoms with van der Waals surface area (Å²) in [5.74, 6) is 1.74. The Labute approximate surface area is 113 Å². The molecular formula is C14H23IO. The molecule has 1 fully saturated rings. The topological polar surface area (TPSA) is 17.1 Å². The number of carbonyl (C=O) groups is 1. The number of rotatable bonds is 5. The molecule has 1 aliphatic rings. The Kier molecular flexibility index (Phi) is 5.48. The lowest BCUT2D eigenvalue weighted by molar-refractivity contribution is -0.127. The average molecular weight is 334 g/mol. The van der Waals surface area contributed by atoms with Crippen LogP contribution in [-0.4, -0.2) is 5.78 Å². The van der Waals surface area contributed by atoms with Gasteiger partial charge in [0.2, 0.25) is 0 Å². The molecule has 92 valence electrons. The summed E-state index contributed by atoms with van der Waals surface area (Å²) in [6.45, 7) is 6.71. The van der Waals surface area contributed by atoms with Crippen molar-refractivity contribution in [2.24, 2.45) is 17.3 Å². The molecule has 0 radical (unpaired) electrons. The Bertz CT molecular complexity index is 270. The number of unbranched alkanes of at least 4 members (excludes halogenated alkanes) is 1. The molecule has 16 heavy (non-hydrogen) atoms. The van der Waals surface area contributed by atoms with Crippen molar-refractivity contribution in [2.75, 3.05) is 0 Å². The van der Waals surface area contributed by atoms with Crippen molar-refractivity contribution in [3.63, 3.8) is 0 Å². The largest absolute Gasteiger partial charge is 0.299 e. The summed E-state index contributed by atoms with van der Waals surface area (Å²) >= 11 is 2.25. The van der Waals surface area contributed by atoms with E-state index in [1.165, 1.54) is 0 Å². The molecule has 1 nitrogen and oxygen atoms in total. The van der Waals surface area contributed by atoms with Crippen molar-refractivity contribution < 1.29 is 4.79 Å². The molecule has 2 heteroatoms. The minimum absolute atomic E-state index is 0.0344. The zero-order valence-electron chi connectivity index (χ0n) is 10.6. The lowest BCUT2D eigenvalue weighted by Crippen LogP contribution is -2.31. The highest BCUT2D eigenvalue weighted by atomic mass is 127. The molecule has 1 aliphatic carbocycles. The van der Waals surface area contributed by atoms with Gasteiger partial charge in [0.05, 0.1) is 0 Å². The SMILES string of the molecule is CC(C)[C@H]1CCC(=O)[C@]1(C)CCC/C=C/I.